The topological polar surface area (TPSA) is 52.6 Å². The van der Waals surface area contributed by atoms with Gasteiger partial charge in [-0.25, -0.2) is 4.79 Å². The number of methoxy groups -OCH3 is 1. The molecule has 34 heavy (non-hydrogen) atoms. The highest BCUT2D eigenvalue weighted by Crippen LogP contribution is 2.67. The van der Waals surface area contributed by atoms with E-state index in [9.17, 15) is 22.8 Å². The Morgan fingerprint density at radius 2 is 1.85 bits per heavy atom. The number of rotatable bonds is 5. The minimum Gasteiger partial charge on any atom is -0.469 e. The van der Waals surface area contributed by atoms with E-state index in [0.29, 0.717) is 48.9 Å². The van der Waals surface area contributed by atoms with Crippen molar-refractivity contribution in [3.63, 3.8) is 0 Å². The molecule has 0 heterocycles. The van der Waals surface area contributed by atoms with Crippen LogP contribution in [0, 0.1) is 40.4 Å². The summed E-state index contributed by atoms with van der Waals surface area (Å²) in [5.74, 6) is 0.668. The molecule has 0 bridgehead atoms. The van der Waals surface area contributed by atoms with Gasteiger partial charge in [-0.2, -0.15) is 13.2 Å². The maximum atomic E-state index is 12.7. The predicted molar refractivity (Wildman–Crippen MR) is 122 cm³/mol. The summed E-state index contributed by atoms with van der Waals surface area (Å²) in [5.41, 5.74) is 1.46. The fraction of sp³-hybridized carbons (Fsp3) is 0.852. The number of ether oxygens (including phenoxy) is 2. The number of halogens is 3. The molecule has 8 atom stereocenters. The summed E-state index contributed by atoms with van der Waals surface area (Å²) in [6, 6.07) is 0. The molecule has 7 heteroatoms. The van der Waals surface area contributed by atoms with E-state index in [1.807, 2.05) is 0 Å². The SMILES string of the molecule is COC(=O)CC[C@@H](C)[C@H]1CC[C@H]2[C@@H]3CC=C4CC(OC(=O)C(F)(F)F)CC[C@]4(C)[C@H]3CC[C@]12C. The van der Waals surface area contributed by atoms with Gasteiger partial charge >= 0.3 is 18.1 Å². The molecule has 3 saturated carbocycles. The van der Waals surface area contributed by atoms with E-state index in [2.05, 4.69) is 26.8 Å². The normalized spacial score (nSPS) is 40.3. The van der Waals surface area contributed by atoms with Crippen molar-refractivity contribution in [2.24, 2.45) is 40.4 Å². The summed E-state index contributed by atoms with van der Waals surface area (Å²) in [5, 5.41) is 0. The molecular weight excluding hydrogens is 445 g/mol. The van der Waals surface area contributed by atoms with Crippen LogP contribution in [-0.4, -0.2) is 31.3 Å². The summed E-state index contributed by atoms with van der Waals surface area (Å²) in [6.07, 6.45) is 5.40. The lowest BCUT2D eigenvalue weighted by atomic mass is 9.47. The summed E-state index contributed by atoms with van der Waals surface area (Å²) in [4.78, 5) is 23.0. The van der Waals surface area contributed by atoms with Crippen LogP contribution in [0.5, 0.6) is 0 Å². The van der Waals surface area contributed by atoms with Crippen molar-refractivity contribution in [2.75, 3.05) is 7.11 Å². The first-order valence-electron chi connectivity index (χ1n) is 12.9. The van der Waals surface area contributed by atoms with E-state index in [0.717, 1.165) is 25.7 Å². The number of hydrogen-bond acceptors (Lipinski definition) is 4. The number of carbonyl (C=O) groups is 2. The average Bonchev–Trinajstić information content (AvgIpc) is 3.14. The zero-order valence-corrected chi connectivity index (χ0v) is 20.9. The van der Waals surface area contributed by atoms with Crippen LogP contribution >= 0.6 is 0 Å². The van der Waals surface area contributed by atoms with Crippen LogP contribution in [0.1, 0.15) is 85.0 Å². The molecule has 0 spiro atoms. The van der Waals surface area contributed by atoms with Crippen LogP contribution in [0.4, 0.5) is 13.2 Å². The molecule has 4 nitrogen and oxygen atoms in total. The lowest BCUT2D eigenvalue weighted by molar-refractivity contribution is -0.206. The van der Waals surface area contributed by atoms with Gasteiger partial charge in [0.25, 0.3) is 0 Å². The minimum atomic E-state index is -4.94. The van der Waals surface area contributed by atoms with Crippen LogP contribution in [0.2, 0.25) is 0 Å². The average molecular weight is 485 g/mol. The third-order valence-corrected chi connectivity index (χ3v) is 10.4. The van der Waals surface area contributed by atoms with Gasteiger partial charge in [-0.1, -0.05) is 32.4 Å². The van der Waals surface area contributed by atoms with Gasteiger partial charge in [0.05, 0.1) is 7.11 Å². The quantitative estimate of drug-likeness (QED) is 0.325. The van der Waals surface area contributed by atoms with E-state index >= 15 is 0 Å². The highest BCUT2D eigenvalue weighted by Gasteiger charge is 2.59. The molecule has 0 aromatic rings. The Morgan fingerprint density at radius 1 is 1.12 bits per heavy atom. The molecule has 3 fully saturated rings. The number of carbonyl (C=O) groups excluding carboxylic acids is 2. The number of alkyl halides is 3. The zero-order chi connectivity index (χ0) is 24.9. The maximum Gasteiger partial charge on any atom is 0.490 e. The first-order valence-corrected chi connectivity index (χ1v) is 12.9. The molecule has 4 aliphatic carbocycles. The van der Waals surface area contributed by atoms with Crippen molar-refractivity contribution in [3.05, 3.63) is 11.6 Å². The van der Waals surface area contributed by atoms with E-state index in [4.69, 9.17) is 9.47 Å². The second-order valence-corrected chi connectivity index (χ2v) is 11.8. The van der Waals surface area contributed by atoms with E-state index in [1.165, 1.54) is 31.9 Å². The zero-order valence-electron chi connectivity index (χ0n) is 20.9. The van der Waals surface area contributed by atoms with Crippen LogP contribution in [-0.2, 0) is 19.1 Å². The predicted octanol–water partition coefficient (Wildman–Crippen LogP) is 6.63. The molecular formula is C27H39F3O4. The molecule has 192 valence electrons. The fourth-order valence-electron chi connectivity index (χ4n) is 8.57. The van der Waals surface area contributed by atoms with Crippen molar-refractivity contribution in [3.8, 4) is 0 Å². The maximum absolute atomic E-state index is 12.7. The Bertz CT molecular complexity index is 836. The summed E-state index contributed by atoms with van der Waals surface area (Å²) in [7, 11) is 1.44. The molecule has 1 unspecified atom stereocenters. The van der Waals surface area contributed by atoms with Crippen molar-refractivity contribution in [1.29, 1.82) is 0 Å². The third-order valence-electron chi connectivity index (χ3n) is 10.4. The Kier molecular flexibility index (Phi) is 6.89. The van der Waals surface area contributed by atoms with Gasteiger partial charge in [0.1, 0.15) is 6.10 Å². The molecule has 0 aromatic heterocycles. The number of esters is 2. The van der Waals surface area contributed by atoms with Gasteiger partial charge in [0, 0.05) is 12.8 Å². The van der Waals surface area contributed by atoms with Crippen molar-refractivity contribution < 1.29 is 32.2 Å². The van der Waals surface area contributed by atoms with E-state index in [-0.39, 0.29) is 16.8 Å². The van der Waals surface area contributed by atoms with Crippen molar-refractivity contribution in [2.45, 2.75) is 97.3 Å². The first-order chi connectivity index (χ1) is 15.9. The lowest BCUT2D eigenvalue weighted by Crippen LogP contribution is -2.51. The Balaban J connectivity index is 1.46. The Labute approximate surface area is 201 Å². The Morgan fingerprint density at radius 3 is 2.53 bits per heavy atom. The highest BCUT2D eigenvalue weighted by atomic mass is 19.4. The van der Waals surface area contributed by atoms with Gasteiger partial charge in [0.2, 0.25) is 0 Å². The smallest absolute Gasteiger partial charge is 0.469 e. The minimum absolute atomic E-state index is 0.0139. The van der Waals surface area contributed by atoms with Gasteiger partial charge < -0.3 is 9.47 Å². The van der Waals surface area contributed by atoms with Crippen LogP contribution < -0.4 is 0 Å². The monoisotopic (exact) mass is 484 g/mol. The van der Waals surface area contributed by atoms with Gasteiger partial charge in [-0.15, -0.1) is 0 Å². The molecule has 0 saturated heterocycles. The Hall–Kier alpha value is -1.53. The standard InChI is InChI=1S/C27H39F3O4/c1-16(5-10-23(31)33-4)20-8-9-21-19-7-6-17-15-18(34-24(32)27(28,29)30)11-13-25(17,2)22(19)12-14-26(20,21)3/h6,16,18-22H,5,7-15H2,1-4H3/t16-,18?,19+,20-,21+,22+,25+,26-/m1/s1. The molecule has 4 aliphatic rings. The fourth-order valence-corrected chi connectivity index (χ4v) is 8.57. The largest absolute Gasteiger partial charge is 0.490 e. The molecule has 0 aromatic carbocycles. The lowest BCUT2D eigenvalue weighted by Gasteiger charge is -2.58. The van der Waals surface area contributed by atoms with Gasteiger partial charge in [-0.05, 0) is 91.8 Å². The number of hydrogen-bond donors (Lipinski definition) is 0. The summed E-state index contributed by atoms with van der Waals surface area (Å²) >= 11 is 0. The second kappa shape index (κ2) is 9.16. The van der Waals surface area contributed by atoms with Crippen LogP contribution in [0.15, 0.2) is 11.6 Å². The van der Waals surface area contributed by atoms with Gasteiger partial charge in [-0.3, -0.25) is 4.79 Å². The van der Waals surface area contributed by atoms with Crippen LogP contribution in [0.3, 0.4) is 0 Å². The molecule has 0 aliphatic heterocycles. The van der Waals surface area contributed by atoms with Gasteiger partial charge in [0.15, 0.2) is 0 Å². The molecule has 0 N–H and O–H groups in total. The van der Waals surface area contributed by atoms with Crippen molar-refractivity contribution in [1.82, 2.24) is 0 Å². The van der Waals surface area contributed by atoms with E-state index < -0.39 is 18.2 Å². The summed E-state index contributed by atoms with van der Waals surface area (Å²) < 4.78 is 47.7. The van der Waals surface area contributed by atoms with E-state index in [1.54, 1.807) is 0 Å². The molecule has 0 amide bonds. The number of fused-ring (bicyclic) bond motifs is 5. The number of allylic oxidation sites excluding steroid dienone is 1. The second-order valence-electron chi connectivity index (χ2n) is 11.8. The summed E-state index contributed by atoms with van der Waals surface area (Å²) in [6.45, 7) is 7.05. The highest BCUT2D eigenvalue weighted by molar-refractivity contribution is 5.75. The molecule has 0 radical (unpaired) electrons. The first kappa shape index (κ1) is 25.6. The third kappa shape index (κ3) is 4.41. The molecule has 4 rings (SSSR count). The van der Waals surface area contributed by atoms with Crippen LogP contribution in [0.25, 0.3) is 0 Å². The van der Waals surface area contributed by atoms with Crippen molar-refractivity contribution >= 4 is 11.9 Å².